The molecule has 0 aliphatic heterocycles. The van der Waals surface area contributed by atoms with E-state index < -0.39 is 10.2 Å². The fourth-order valence-electron chi connectivity index (χ4n) is 6.24. The average Bonchev–Trinajstić information content (AvgIpc) is 3.22. The van der Waals surface area contributed by atoms with Gasteiger partial charge in [-0.3, -0.25) is 19.2 Å². The van der Waals surface area contributed by atoms with Crippen LogP contribution in [0.1, 0.15) is 96.2 Å². The Bertz CT molecular complexity index is 2010. The van der Waals surface area contributed by atoms with Crippen LogP contribution in [0.2, 0.25) is 0 Å². The molecule has 0 aromatic heterocycles. The molecule has 0 aliphatic carbocycles. The van der Waals surface area contributed by atoms with Crippen molar-refractivity contribution < 1.29 is 27.5 Å². The second-order valence-corrected chi connectivity index (χ2v) is 16.3. The minimum absolute atomic E-state index is 0.0739. The van der Waals surface area contributed by atoms with Gasteiger partial charge in [0.1, 0.15) is 12.4 Å². The molecule has 0 radical (unpaired) electrons. The molecule has 0 aliphatic rings. The van der Waals surface area contributed by atoms with Crippen LogP contribution >= 0.6 is 0 Å². The number of ether oxygens (including phenoxy) is 2. The minimum Gasteiger partial charge on any atom is -0.487 e. The largest absolute Gasteiger partial charge is 0.487 e. The van der Waals surface area contributed by atoms with E-state index in [2.05, 4.69) is 47.4 Å². The van der Waals surface area contributed by atoms with E-state index >= 15 is 0 Å². The van der Waals surface area contributed by atoms with Crippen LogP contribution in [0.15, 0.2) is 103 Å². The Morgan fingerprint density at radius 1 is 0.724 bits per heavy atom. The summed E-state index contributed by atoms with van der Waals surface area (Å²) in [6.07, 6.45) is 6.39. The lowest BCUT2D eigenvalue weighted by atomic mass is 10.1. The molecular weight excluding hydrogens is 749 g/mol. The highest BCUT2D eigenvalue weighted by Gasteiger charge is 2.20. The Morgan fingerprint density at radius 2 is 1.36 bits per heavy atom. The highest BCUT2D eigenvalue weighted by atomic mass is 32.2. The second-order valence-electron chi connectivity index (χ2n) is 14.4. The predicted octanol–water partition coefficient (Wildman–Crippen LogP) is 8.45. The number of carbonyl (C=O) groups excluding carboxylic acids is 2. The highest BCUT2D eigenvalue weighted by Crippen LogP contribution is 2.29. The Balaban J connectivity index is 1.24. The Morgan fingerprint density at radius 3 is 2.02 bits per heavy atom. The first-order chi connectivity index (χ1) is 28.1. The van der Waals surface area contributed by atoms with Crippen molar-refractivity contribution in [3.8, 4) is 17.6 Å². The van der Waals surface area contributed by atoms with Crippen molar-refractivity contribution >= 4 is 27.6 Å². The minimum atomic E-state index is -3.85. The molecule has 0 heterocycles. The summed E-state index contributed by atoms with van der Waals surface area (Å²) in [6.45, 7) is 8.73. The maximum Gasteiger partial charge on any atom is 0.301 e. The molecular formula is C47H60N4O6S. The summed E-state index contributed by atoms with van der Waals surface area (Å²) in [4.78, 5) is 30.6. The Labute approximate surface area is 346 Å². The number of anilines is 1. The van der Waals surface area contributed by atoms with Gasteiger partial charge in [0, 0.05) is 63.4 Å². The van der Waals surface area contributed by atoms with Crippen LogP contribution in [-0.4, -0.2) is 87.7 Å². The lowest BCUT2D eigenvalue weighted by molar-refractivity contribution is 0.0755. The van der Waals surface area contributed by atoms with E-state index in [0.717, 1.165) is 79.2 Å². The molecule has 0 saturated carbocycles. The molecule has 4 aromatic carbocycles. The van der Waals surface area contributed by atoms with E-state index in [0.29, 0.717) is 43.1 Å². The van der Waals surface area contributed by atoms with E-state index in [1.807, 2.05) is 77.7 Å². The molecule has 1 N–H and O–H groups in total. The summed E-state index contributed by atoms with van der Waals surface area (Å²) in [6, 6.07) is 32.1. The molecule has 11 heteroatoms. The molecule has 10 nitrogen and oxygen atoms in total. The first-order valence-corrected chi connectivity index (χ1v) is 21.8. The number of benzene rings is 4. The zero-order valence-electron chi connectivity index (χ0n) is 34.6. The standard InChI is InChI=1S/C47H60N4O6S/c1-5-30-51(31-6-2)47(53)42-26-24-39(25-27-42)19-15-18-34-56-33-17-8-7-16-32-50(36-40-20-11-9-12-21-40)37-45(52)43-28-29-46(57-38-41-22-13-10-14-23-41)44(35-43)48-58(54,55)49(3)4/h9-14,20-29,35,48H,5-8,16-18,30-34,36-38H2,1-4H3. The summed E-state index contributed by atoms with van der Waals surface area (Å²) in [7, 11) is -0.971. The summed E-state index contributed by atoms with van der Waals surface area (Å²) < 4.78 is 41.2. The normalized spacial score (nSPS) is 11.3. The monoisotopic (exact) mass is 808 g/mol. The van der Waals surface area contributed by atoms with Crippen LogP contribution in [0.4, 0.5) is 5.69 Å². The van der Waals surface area contributed by atoms with Crippen molar-refractivity contribution in [3.05, 3.63) is 131 Å². The number of carbonyl (C=O) groups is 2. The third-order valence-corrected chi connectivity index (χ3v) is 10.8. The van der Waals surface area contributed by atoms with E-state index in [-0.39, 0.29) is 30.5 Å². The first-order valence-electron chi connectivity index (χ1n) is 20.4. The highest BCUT2D eigenvalue weighted by molar-refractivity contribution is 7.90. The number of ketones is 1. The van der Waals surface area contributed by atoms with Crippen LogP contribution < -0.4 is 9.46 Å². The number of nitrogens with one attached hydrogen (secondary N) is 1. The van der Waals surface area contributed by atoms with E-state index in [4.69, 9.17) is 9.47 Å². The van der Waals surface area contributed by atoms with Crippen molar-refractivity contribution in [2.24, 2.45) is 0 Å². The van der Waals surface area contributed by atoms with Crippen LogP contribution in [0.3, 0.4) is 0 Å². The van der Waals surface area contributed by atoms with E-state index in [1.165, 1.54) is 14.1 Å². The van der Waals surface area contributed by atoms with Gasteiger partial charge in [-0.05, 0) is 85.8 Å². The molecule has 310 valence electrons. The zero-order valence-corrected chi connectivity index (χ0v) is 35.4. The SMILES string of the molecule is CCCN(CCC)C(=O)c1ccc(C#CCCOCCCCCCN(CC(=O)c2ccc(OCc3ccccc3)c(NS(=O)(=O)N(C)C)c2)Cc2ccccc2)cc1. The molecule has 4 aromatic rings. The molecule has 58 heavy (non-hydrogen) atoms. The van der Waals surface area contributed by atoms with Gasteiger partial charge in [-0.25, -0.2) is 0 Å². The predicted molar refractivity (Wildman–Crippen MR) is 233 cm³/mol. The van der Waals surface area contributed by atoms with Crippen molar-refractivity contribution in [2.75, 3.05) is 58.2 Å². The van der Waals surface area contributed by atoms with E-state index in [1.54, 1.807) is 18.2 Å². The summed E-state index contributed by atoms with van der Waals surface area (Å²) in [5.41, 5.74) is 4.24. The van der Waals surface area contributed by atoms with Crippen LogP contribution in [-0.2, 0) is 28.1 Å². The number of amides is 1. The molecule has 0 bridgehead atoms. The zero-order chi connectivity index (χ0) is 41.6. The number of rotatable bonds is 25. The molecule has 0 unspecified atom stereocenters. The van der Waals surface area contributed by atoms with Gasteiger partial charge >= 0.3 is 10.2 Å². The van der Waals surface area contributed by atoms with Crippen molar-refractivity contribution in [3.63, 3.8) is 0 Å². The van der Waals surface area contributed by atoms with Gasteiger partial charge in [0.25, 0.3) is 5.91 Å². The number of Topliss-reactive ketones (excluding diaryl/α,β-unsaturated/α-hetero) is 1. The quantitative estimate of drug-likeness (QED) is 0.0407. The Kier molecular flexibility index (Phi) is 19.5. The molecule has 0 atom stereocenters. The number of hydrogen-bond donors (Lipinski definition) is 1. The van der Waals surface area contributed by atoms with Crippen molar-refractivity contribution in [2.45, 2.75) is 71.9 Å². The third kappa shape index (κ3) is 15.7. The van der Waals surface area contributed by atoms with Gasteiger partial charge in [-0.1, -0.05) is 99.2 Å². The van der Waals surface area contributed by atoms with Crippen LogP contribution in [0.5, 0.6) is 5.75 Å². The smallest absolute Gasteiger partial charge is 0.301 e. The molecule has 1 amide bonds. The molecule has 0 spiro atoms. The van der Waals surface area contributed by atoms with Gasteiger partial charge in [0.2, 0.25) is 0 Å². The van der Waals surface area contributed by atoms with Gasteiger partial charge in [-0.15, -0.1) is 0 Å². The molecule has 0 saturated heterocycles. The van der Waals surface area contributed by atoms with Crippen molar-refractivity contribution in [1.29, 1.82) is 0 Å². The fraction of sp³-hybridized carbons (Fsp3) is 0.404. The maximum atomic E-state index is 13.7. The topological polar surface area (TPSA) is 108 Å². The molecule has 4 rings (SSSR count). The van der Waals surface area contributed by atoms with Crippen LogP contribution in [0, 0.1) is 11.8 Å². The van der Waals surface area contributed by atoms with Crippen molar-refractivity contribution in [1.82, 2.24) is 14.1 Å². The summed E-state index contributed by atoms with van der Waals surface area (Å²) >= 11 is 0. The third-order valence-electron chi connectivity index (χ3n) is 9.40. The molecule has 0 fully saturated rings. The summed E-state index contributed by atoms with van der Waals surface area (Å²) in [5.74, 6) is 6.64. The maximum absolute atomic E-state index is 13.7. The van der Waals surface area contributed by atoms with Gasteiger partial charge in [-0.2, -0.15) is 12.7 Å². The van der Waals surface area contributed by atoms with Gasteiger partial charge in [0.05, 0.1) is 18.8 Å². The number of unbranched alkanes of at least 4 members (excludes halogenated alkanes) is 3. The lowest BCUT2D eigenvalue weighted by Gasteiger charge is -2.22. The first kappa shape index (κ1) is 45.7. The number of nitrogens with zero attached hydrogens (tertiary/aromatic N) is 3. The van der Waals surface area contributed by atoms with Gasteiger partial charge < -0.3 is 14.4 Å². The fourth-order valence-corrected chi connectivity index (χ4v) is 6.86. The second kappa shape index (κ2) is 24.7. The van der Waals surface area contributed by atoms with E-state index in [9.17, 15) is 18.0 Å². The summed E-state index contributed by atoms with van der Waals surface area (Å²) in [5, 5.41) is 0. The Hall–Kier alpha value is -4.99. The lowest BCUT2D eigenvalue weighted by Crippen LogP contribution is -2.32. The number of hydrogen-bond acceptors (Lipinski definition) is 7. The average molecular weight is 809 g/mol. The van der Waals surface area contributed by atoms with Crippen LogP contribution in [0.25, 0.3) is 0 Å². The van der Waals surface area contributed by atoms with Gasteiger partial charge in [0.15, 0.2) is 5.78 Å².